The van der Waals surface area contributed by atoms with Gasteiger partial charge in [0.2, 0.25) is 11.8 Å². The number of benzene rings is 1. The predicted molar refractivity (Wildman–Crippen MR) is 91.9 cm³/mol. The number of amides is 1. The van der Waals surface area contributed by atoms with Crippen molar-refractivity contribution in [2.75, 3.05) is 25.0 Å². The third kappa shape index (κ3) is 3.48. The minimum atomic E-state index is -0.179. The van der Waals surface area contributed by atoms with Crippen LogP contribution < -0.4 is 4.90 Å². The molecule has 1 aromatic heterocycles. The molecule has 6 heteroatoms. The number of carbonyl (C=O) groups is 1. The lowest BCUT2D eigenvalue weighted by atomic mass is 9.96. The molecule has 1 fully saturated rings. The van der Waals surface area contributed by atoms with Crippen LogP contribution in [0.4, 0.5) is 5.69 Å². The number of likely N-dealkylation sites (N-methyl/N-ethyl adjacent to an activating group) is 1. The smallest absolute Gasteiger partial charge is 0.243 e. The number of aryl methyl sites for hydroxylation is 1. The van der Waals surface area contributed by atoms with E-state index in [1.165, 1.54) is 0 Å². The molecule has 1 saturated heterocycles. The summed E-state index contributed by atoms with van der Waals surface area (Å²) in [7, 11) is 1.83. The molecular formula is C18H24N4O2. The Morgan fingerprint density at radius 2 is 2.12 bits per heavy atom. The van der Waals surface area contributed by atoms with Crippen molar-refractivity contribution in [3.05, 3.63) is 42.0 Å². The monoisotopic (exact) mass is 328 g/mol. The average Bonchev–Trinajstić information content (AvgIpc) is 3.07. The number of nitrogens with zero attached hydrogens (tertiary/aromatic N) is 4. The van der Waals surface area contributed by atoms with Gasteiger partial charge >= 0.3 is 0 Å². The van der Waals surface area contributed by atoms with Crippen LogP contribution >= 0.6 is 0 Å². The van der Waals surface area contributed by atoms with Crippen LogP contribution in [-0.2, 0) is 4.79 Å². The fourth-order valence-corrected chi connectivity index (χ4v) is 3.25. The summed E-state index contributed by atoms with van der Waals surface area (Å²) in [6.45, 7) is 5.49. The van der Waals surface area contributed by atoms with Gasteiger partial charge in [-0.15, -0.1) is 0 Å². The lowest BCUT2D eigenvalue weighted by molar-refractivity contribution is -0.123. The Balaban J connectivity index is 1.67. The SMILES string of the molecule is Cc1noc(C2CCCN(C(C)C(=O)N(C)c3ccccc3)C2)n1. The lowest BCUT2D eigenvalue weighted by Crippen LogP contribution is -2.49. The number of hydrogen-bond acceptors (Lipinski definition) is 5. The first-order valence-corrected chi connectivity index (χ1v) is 8.43. The second-order valence-corrected chi connectivity index (χ2v) is 6.42. The fraction of sp³-hybridized carbons (Fsp3) is 0.500. The van der Waals surface area contributed by atoms with E-state index in [2.05, 4.69) is 15.0 Å². The van der Waals surface area contributed by atoms with E-state index in [4.69, 9.17) is 4.52 Å². The van der Waals surface area contributed by atoms with Crippen molar-refractivity contribution < 1.29 is 9.32 Å². The van der Waals surface area contributed by atoms with Crippen LogP contribution in [0, 0.1) is 6.92 Å². The van der Waals surface area contributed by atoms with Crippen LogP contribution in [0.2, 0.25) is 0 Å². The Kier molecular flexibility index (Phi) is 4.94. The molecule has 0 saturated carbocycles. The second-order valence-electron chi connectivity index (χ2n) is 6.42. The Morgan fingerprint density at radius 3 is 2.79 bits per heavy atom. The maximum absolute atomic E-state index is 12.8. The third-order valence-corrected chi connectivity index (χ3v) is 4.72. The van der Waals surface area contributed by atoms with Crippen LogP contribution in [0.1, 0.15) is 37.4 Å². The molecule has 128 valence electrons. The molecule has 0 N–H and O–H groups in total. The molecule has 1 aliphatic heterocycles. The molecule has 2 unspecified atom stereocenters. The summed E-state index contributed by atoms with van der Waals surface area (Å²) in [6.07, 6.45) is 2.05. The maximum atomic E-state index is 12.8. The van der Waals surface area contributed by atoms with Crippen molar-refractivity contribution in [3.63, 3.8) is 0 Å². The van der Waals surface area contributed by atoms with Gasteiger partial charge in [0.1, 0.15) is 0 Å². The number of likely N-dealkylation sites (tertiary alicyclic amines) is 1. The summed E-state index contributed by atoms with van der Waals surface area (Å²) in [5.41, 5.74) is 0.912. The van der Waals surface area contributed by atoms with E-state index in [1.54, 1.807) is 4.90 Å². The highest BCUT2D eigenvalue weighted by Crippen LogP contribution is 2.27. The Hall–Kier alpha value is -2.21. The van der Waals surface area contributed by atoms with E-state index >= 15 is 0 Å². The molecule has 2 atom stereocenters. The summed E-state index contributed by atoms with van der Waals surface area (Å²) < 4.78 is 5.33. The van der Waals surface area contributed by atoms with Gasteiger partial charge in [0, 0.05) is 19.3 Å². The van der Waals surface area contributed by atoms with Crippen LogP contribution in [-0.4, -0.2) is 47.1 Å². The number of piperidine rings is 1. The van der Waals surface area contributed by atoms with Gasteiger partial charge in [0.15, 0.2) is 5.82 Å². The zero-order chi connectivity index (χ0) is 17.1. The fourth-order valence-electron chi connectivity index (χ4n) is 3.25. The van der Waals surface area contributed by atoms with Gasteiger partial charge in [-0.25, -0.2) is 0 Å². The van der Waals surface area contributed by atoms with Gasteiger partial charge < -0.3 is 9.42 Å². The number of para-hydroxylation sites is 1. The van der Waals surface area contributed by atoms with Gasteiger partial charge in [-0.2, -0.15) is 4.98 Å². The highest BCUT2D eigenvalue weighted by molar-refractivity contribution is 5.96. The van der Waals surface area contributed by atoms with E-state index in [0.717, 1.165) is 31.6 Å². The zero-order valence-corrected chi connectivity index (χ0v) is 14.5. The van der Waals surface area contributed by atoms with E-state index in [0.29, 0.717) is 11.7 Å². The molecule has 24 heavy (non-hydrogen) atoms. The van der Waals surface area contributed by atoms with E-state index in [1.807, 2.05) is 51.2 Å². The molecule has 2 aromatic rings. The van der Waals surface area contributed by atoms with Crippen LogP contribution in [0.3, 0.4) is 0 Å². The Bertz CT molecular complexity index is 685. The summed E-state index contributed by atoms with van der Waals surface area (Å²) in [5, 5.41) is 3.88. The summed E-state index contributed by atoms with van der Waals surface area (Å²) in [4.78, 5) is 21.1. The minimum absolute atomic E-state index is 0.101. The number of rotatable bonds is 4. The molecule has 3 rings (SSSR count). The lowest BCUT2D eigenvalue weighted by Gasteiger charge is -2.36. The van der Waals surface area contributed by atoms with E-state index in [-0.39, 0.29) is 17.9 Å². The third-order valence-electron chi connectivity index (χ3n) is 4.72. The van der Waals surface area contributed by atoms with Crippen molar-refractivity contribution in [1.82, 2.24) is 15.0 Å². The van der Waals surface area contributed by atoms with Gasteiger partial charge in [-0.3, -0.25) is 9.69 Å². The van der Waals surface area contributed by atoms with Crippen molar-refractivity contribution >= 4 is 11.6 Å². The van der Waals surface area contributed by atoms with Crippen LogP contribution in [0.15, 0.2) is 34.9 Å². The normalized spacial score (nSPS) is 19.9. The predicted octanol–water partition coefficient (Wildman–Crippen LogP) is 2.61. The quantitative estimate of drug-likeness (QED) is 0.863. The van der Waals surface area contributed by atoms with E-state index in [9.17, 15) is 4.79 Å². The standard InChI is InChI=1S/C18H24N4O2/c1-13(18(23)21(3)16-9-5-4-6-10-16)22-11-7-8-15(12-22)17-19-14(2)20-24-17/h4-6,9-10,13,15H,7-8,11-12H2,1-3H3. The highest BCUT2D eigenvalue weighted by Gasteiger charge is 2.32. The zero-order valence-electron chi connectivity index (χ0n) is 14.5. The first-order chi connectivity index (χ1) is 11.6. The number of anilines is 1. The molecule has 2 heterocycles. The molecule has 0 spiro atoms. The molecule has 0 radical (unpaired) electrons. The first kappa shape index (κ1) is 16.6. The average molecular weight is 328 g/mol. The summed E-state index contributed by atoms with van der Waals surface area (Å²) >= 11 is 0. The number of aromatic nitrogens is 2. The molecule has 1 aromatic carbocycles. The Labute approximate surface area is 142 Å². The Morgan fingerprint density at radius 1 is 1.38 bits per heavy atom. The maximum Gasteiger partial charge on any atom is 0.243 e. The molecule has 0 aliphatic carbocycles. The van der Waals surface area contributed by atoms with Gasteiger partial charge in [0.25, 0.3) is 0 Å². The van der Waals surface area contributed by atoms with Crippen molar-refractivity contribution in [2.24, 2.45) is 0 Å². The molecule has 1 amide bonds. The van der Waals surface area contributed by atoms with E-state index < -0.39 is 0 Å². The largest absolute Gasteiger partial charge is 0.339 e. The van der Waals surface area contributed by atoms with Crippen molar-refractivity contribution in [2.45, 2.75) is 38.6 Å². The molecule has 0 bridgehead atoms. The topological polar surface area (TPSA) is 62.5 Å². The van der Waals surface area contributed by atoms with Gasteiger partial charge in [0.05, 0.1) is 12.0 Å². The highest BCUT2D eigenvalue weighted by atomic mass is 16.5. The minimum Gasteiger partial charge on any atom is -0.339 e. The van der Waals surface area contributed by atoms with Crippen molar-refractivity contribution in [1.29, 1.82) is 0 Å². The van der Waals surface area contributed by atoms with Gasteiger partial charge in [-0.05, 0) is 45.4 Å². The summed E-state index contributed by atoms with van der Waals surface area (Å²) in [5.74, 6) is 1.66. The second kappa shape index (κ2) is 7.13. The van der Waals surface area contributed by atoms with Gasteiger partial charge in [-0.1, -0.05) is 23.4 Å². The molecule has 6 nitrogen and oxygen atoms in total. The molecular weight excluding hydrogens is 304 g/mol. The first-order valence-electron chi connectivity index (χ1n) is 8.43. The van der Waals surface area contributed by atoms with Crippen LogP contribution in [0.5, 0.6) is 0 Å². The number of carbonyl (C=O) groups excluding carboxylic acids is 1. The van der Waals surface area contributed by atoms with Crippen molar-refractivity contribution in [3.8, 4) is 0 Å². The summed E-state index contributed by atoms with van der Waals surface area (Å²) in [6, 6.07) is 9.56. The number of hydrogen-bond donors (Lipinski definition) is 0. The van der Waals surface area contributed by atoms with Crippen LogP contribution in [0.25, 0.3) is 0 Å². The molecule has 1 aliphatic rings.